The van der Waals surface area contributed by atoms with Crippen LogP contribution in [0.2, 0.25) is 0 Å². The summed E-state index contributed by atoms with van der Waals surface area (Å²) in [6.07, 6.45) is 4.66. The Balaban J connectivity index is 2.64. The van der Waals surface area contributed by atoms with Crippen molar-refractivity contribution >= 4 is 28.0 Å². The average molecular weight is 284 g/mol. The lowest BCUT2D eigenvalue weighted by atomic mass is 10.2. The van der Waals surface area contributed by atoms with Crippen LogP contribution in [-0.2, 0) is 9.53 Å². The highest BCUT2D eigenvalue weighted by Crippen LogP contribution is 2.11. The van der Waals surface area contributed by atoms with E-state index in [9.17, 15) is 4.79 Å². The molecule has 0 unspecified atom stereocenters. The van der Waals surface area contributed by atoms with E-state index in [-0.39, 0.29) is 5.97 Å². The summed E-state index contributed by atoms with van der Waals surface area (Å²) in [4.78, 5) is 15.5. The minimum atomic E-state index is -0.466. The van der Waals surface area contributed by atoms with Crippen LogP contribution >= 0.6 is 15.9 Å². The first-order valence-corrected chi connectivity index (χ1v) is 5.69. The van der Waals surface area contributed by atoms with Crippen molar-refractivity contribution < 1.29 is 9.53 Å². The number of hydrogen-bond donors (Lipinski definition) is 0. The van der Waals surface area contributed by atoms with Gasteiger partial charge in [-0.2, -0.15) is 0 Å². The zero-order valence-corrected chi connectivity index (χ0v) is 11.1. The molecule has 3 nitrogen and oxygen atoms in total. The third-order valence-corrected chi connectivity index (χ3v) is 2.03. The van der Waals surface area contributed by atoms with Gasteiger partial charge < -0.3 is 4.74 Å². The van der Waals surface area contributed by atoms with Crippen LogP contribution in [0.1, 0.15) is 26.5 Å². The molecule has 16 heavy (non-hydrogen) atoms. The van der Waals surface area contributed by atoms with Gasteiger partial charge in [-0.1, -0.05) is 15.9 Å². The Morgan fingerprint density at radius 3 is 2.75 bits per heavy atom. The van der Waals surface area contributed by atoms with Crippen molar-refractivity contribution in [2.24, 2.45) is 0 Å². The van der Waals surface area contributed by atoms with Crippen LogP contribution in [0, 0.1) is 0 Å². The zero-order chi connectivity index (χ0) is 12.2. The largest absolute Gasteiger partial charge is 0.457 e. The van der Waals surface area contributed by atoms with E-state index in [1.807, 2.05) is 32.9 Å². The molecule has 86 valence electrons. The van der Waals surface area contributed by atoms with Gasteiger partial charge in [-0.25, -0.2) is 4.79 Å². The highest BCUT2D eigenvalue weighted by molar-refractivity contribution is 9.10. The maximum absolute atomic E-state index is 11.4. The number of aromatic nitrogens is 1. The SMILES string of the molecule is CC(C)(C)OC(=O)/C=C/c1cc(Br)ccn1. The quantitative estimate of drug-likeness (QED) is 0.618. The molecular weight excluding hydrogens is 270 g/mol. The molecule has 0 atom stereocenters. The normalized spacial score (nSPS) is 11.8. The number of nitrogens with zero attached hydrogens (tertiary/aromatic N) is 1. The molecule has 0 spiro atoms. The summed E-state index contributed by atoms with van der Waals surface area (Å²) in [5, 5.41) is 0. The first-order chi connectivity index (χ1) is 7.37. The van der Waals surface area contributed by atoms with Crippen LogP contribution in [0.3, 0.4) is 0 Å². The maximum Gasteiger partial charge on any atom is 0.331 e. The molecule has 1 heterocycles. The molecular formula is C12H14BrNO2. The van der Waals surface area contributed by atoms with Crippen molar-refractivity contribution in [3.05, 3.63) is 34.6 Å². The smallest absolute Gasteiger partial charge is 0.331 e. The number of carbonyl (C=O) groups excluding carboxylic acids is 1. The van der Waals surface area contributed by atoms with Gasteiger partial charge in [0.2, 0.25) is 0 Å². The molecule has 1 aromatic heterocycles. The second-order valence-electron chi connectivity index (χ2n) is 4.27. The minimum Gasteiger partial charge on any atom is -0.457 e. The number of pyridine rings is 1. The number of halogens is 1. The van der Waals surface area contributed by atoms with Crippen LogP contribution in [0.5, 0.6) is 0 Å². The molecule has 1 aromatic rings. The van der Waals surface area contributed by atoms with E-state index in [4.69, 9.17) is 4.74 Å². The highest BCUT2D eigenvalue weighted by atomic mass is 79.9. The van der Waals surface area contributed by atoms with Crippen LogP contribution in [0.4, 0.5) is 0 Å². The van der Waals surface area contributed by atoms with Gasteiger partial charge in [0.25, 0.3) is 0 Å². The van der Waals surface area contributed by atoms with E-state index in [2.05, 4.69) is 20.9 Å². The number of rotatable bonds is 2. The molecule has 0 aliphatic heterocycles. The van der Waals surface area contributed by atoms with Gasteiger partial charge in [0.15, 0.2) is 0 Å². The Labute approximate surface area is 104 Å². The fraction of sp³-hybridized carbons (Fsp3) is 0.333. The highest BCUT2D eigenvalue weighted by Gasteiger charge is 2.13. The Morgan fingerprint density at radius 2 is 2.19 bits per heavy atom. The predicted octanol–water partition coefficient (Wildman–Crippen LogP) is 3.20. The molecule has 0 aliphatic rings. The molecule has 0 saturated heterocycles. The molecule has 1 rings (SSSR count). The summed E-state index contributed by atoms with van der Waals surface area (Å²) in [5.74, 6) is -0.366. The van der Waals surface area contributed by atoms with Crippen molar-refractivity contribution in [3.63, 3.8) is 0 Å². The number of hydrogen-bond acceptors (Lipinski definition) is 3. The van der Waals surface area contributed by atoms with Crippen molar-refractivity contribution in [1.82, 2.24) is 4.98 Å². The monoisotopic (exact) mass is 283 g/mol. The molecule has 0 N–H and O–H groups in total. The minimum absolute atomic E-state index is 0.366. The Morgan fingerprint density at radius 1 is 1.50 bits per heavy atom. The van der Waals surface area contributed by atoms with Crippen molar-refractivity contribution in [2.45, 2.75) is 26.4 Å². The van der Waals surface area contributed by atoms with E-state index in [0.29, 0.717) is 5.69 Å². The van der Waals surface area contributed by atoms with Gasteiger partial charge in [-0.05, 0) is 39.0 Å². The lowest BCUT2D eigenvalue weighted by molar-refractivity contribution is -0.148. The standard InChI is InChI=1S/C12H14BrNO2/c1-12(2,3)16-11(15)5-4-10-8-9(13)6-7-14-10/h4-8H,1-3H3/b5-4+. The van der Waals surface area contributed by atoms with Crippen LogP contribution in [-0.4, -0.2) is 16.6 Å². The van der Waals surface area contributed by atoms with Gasteiger partial charge in [-0.3, -0.25) is 4.98 Å². The molecule has 4 heteroatoms. The van der Waals surface area contributed by atoms with E-state index in [0.717, 1.165) is 4.47 Å². The van der Waals surface area contributed by atoms with Gasteiger partial charge in [-0.15, -0.1) is 0 Å². The van der Waals surface area contributed by atoms with Gasteiger partial charge in [0.1, 0.15) is 5.60 Å². The third-order valence-electron chi connectivity index (χ3n) is 1.54. The first kappa shape index (κ1) is 12.9. The molecule has 0 amide bonds. The summed E-state index contributed by atoms with van der Waals surface area (Å²) in [5.41, 5.74) is 0.242. The molecule has 0 bridgehead atoms. The lowest BCUT2D eigenvalue weighted by Crippen LogP contribution is -2.22. The fourth-order valence-corrected chi connectivity index (χ4v) is 1.35. The summed E-state index contributed by atoms with van der Waals surface area (Å²) in [7, 11) is 0. The first-order valence-electron chi connectivity index (χ1n) is 4.89. The van der Waals surface area contributed by atoms with Crippen LogP contribution in [0.25, 0.3) is 6.08 Å². The maximum atomic E-state index is 11.4. The summed E-state index contributed by atoms with van der Waals surface area (Å²) < 4.78 is 6.05. The topological polar surface area (TPSA) is 39.2 Å². The third kappa shape index (κ3) is 5.07. The fourth-order valence-electron chi connectivity index (χ4n) is 1.00. The second kappa shape index (κ2) is 5.25. The molecule has 0 aromatic carbocycles. The summed E-state index contributed by atoms with van der Waals surface area (Å²) >= 11 is 3.33. The predicted molar refractivity (Wildman–Crippen MR) is 66.8 cm³/mol. The van der Waals surface area contributed by atoms with Crippen molar-refractivity contribution in [2.75, 3.05) is 0 Å². The van der Waals surface area contributed by atoms with Gasteiger partial charge in [0.05, 0.1) is 5.69 Å². The second-order valence-corrected chi connectivity index (χ2v) is 5.18. The van der Waals surface area contributed by atoms with Gasteiger partial charge in [0, 0.05) is 16.7 Å². The molecule has 0 radical (unpaired) electrons. The van der Waals surface area contributed by atoms with E-state index in [1.165, 1.54) is 6.08 Å². The number of esters is 1. The van der Waals surface area contributed by atoms with E-state index >= 15 is 0 Å². The average Bonchev–Trinajstić information content (AvgIpc) is 2.12. The molecule has 0 aliphatic carbocycles. The van der Waals surface area contributed by atoms with E-state index in [1.54, 1.807) is 12.3 Å². The Kier molecular flexibility index (Phi) is 4.24. The van der Waals surface area contributed by atoms with Crippen LogP contribution in [0.15, 0.2) is 28.9 Å². The number of carbonyl (C=O) groups is 1. The number of ether oxygens (including phenoxy) is 1. The summed E-state index contributed by atoms with van der Waals surface area (Å²) in [6, 6.07) is 3.64. The Bertz CT molecular complexity index is 408. The Hall–Kier alpha value is -1.16. The van der Waals surface area contributed by atoms with Crippen molar-refractivity contribution in [1.29, 1.82) is 0 Å². The van der Waals surface area contributed by atoms with Crippen molar-refractivity contribution in [3.8, 4) is 0 Å². The molecule has 0 saturated carbocycles. The van der Waals surface area contributed by atoms with E-state index < -0.39 is 5.60 Å². The zero-order valence-electron chi connectivity index (χ0n) is 9.53. The molecule has 0 fully saturated rings. The summed E-state index contributed by atoms with van der Waals surface area (Å²) in [6.45, 7) is 5.49. The lowest BCUT2D eigenvalue weighted by Gasteiger charge is -2.17. The van der Waals surface area contributed by atoms with Crippen LogP contribution < -0.4 is 0 Å². The van der Waals surface area contributed by atoms with Gasteiger partial charge >= 0.3 is 5.97 Å².